The summed E-state index contributed by atoms with van der Waals surface area (Å²) in [6.07, 6.45) is 86.0. The van der Waals surface area contributed by atoms with Crippen molar-refractivity contribution in [2.24, 2.45) is 0 Å². The first-order valence-corrected chi connectivity index (χ1v) is 34.3. The third-order valence-electron chi connectivity index (χ3n) is 15.3. The van der Waals surface area contributed by atoms with E-state index in [9.17, 15) is 14.4 Å². The Morgan fingerprint density at radius 3 is 0.731 bits per heavy atom. The zero-order chi connectivity index (χ0) is 56.4. The molecular weight excluding hydrogens is 961 g/mol. The topological polar surface area (TPSA) is 78.9 Å². The van der Waals surface area contributed by atoms with E-state index >= 15 is 0 Å². The van der Waals surface area contributed by atoms with Gasteiger partial charge in [0.2, 0.25) is 0 Å². The molecule has 0 heterocycles. The largest absolute Gasteiger partial charge is 0.462 e. The fourth-order valence-corrected chi connectivity index (χ4v) is 10.2. The summed E-state index contributed by atoms with van der Waals surface area (Å²) < 4.78 is 16.8. The van der Waals surface area contributed by atoms with Gasteiger partial charge >= 0.3 is 17.9 Å². The second kappa shape index (κ2) is 66.6. The molecule has 0 rings (SSSR count). The van der Waals surface area contributed by atoms with Crippen LogP contribution in [0.25, 0.3) is 0 Å². The molecule has 0 aliphatic rings. The van der Waals surface area contributed by atoms with Gasteiger partial charge in [-0.15, -0.1) is 0 Å². The molecule has 0 amide bonds. The SMILES string of the molecule is CC/C=C\C/C=C\C/C=C\C/C=C\C/C=C\CC(=O)OC(COC(=O)CCCCCCCCCCCC)COC(=O)CCCCCCCCCCCCCCCCCCCCCCCCCCCCCCCCCCCCC. The Balaban J connectivity index is 4.03. The van der Waals surface area contributed by atoms with Gasteiger partial charge in [-0.25, -0.2) is 0 Å². The van der Waals surface area contributed by atoms with Gasteiger partial charge in [-0.05, 0) is 44.9 Å². The lowest BCUT2D eigenvalue weighted by atomic mass is 10.0. The van der Waals surface area contributed by atoms with Gasteiger partial charge in [-0.2, -0.15) is 0 Å². The number of hydrogen-bond acceptors (Lipinski definition) is 6. The van der Waals surface area contributed by atoms with Gasteiger partial charge in [0.1, 0.15) is 13.2 Å². The molecule has 0 bridgehead atoms. The van der Waals surface area contributed by atoms with Gasteiger partial charge in [-0.1, -0.05) is 358 Å². The first kappa shape index (κ1) is 75.1. The summed E-state index contributed by atoms with van der Waals surface area (Å²) in [6, 6.07) is 0. The Morgan fingerprint density at radius 2 is 0.487 bits per heavy atom. The van der Waals surface area contributed by atoms with Crippen molar-refractivity contribution in [3.05, 3.63) is 60.8 Å². The van der Waals surface area contributed by atoms with E-state index in [0.717, 1.165) is 70.6 Å². The van der Waals surface area contributed by atoms with Gasteiger partial charge < -0.3 is 14.2 Å². The minimum atomic E-state index is -0.825. The number of carbonyl (C=O) groups excluding carboxylic acids is 3. The predicted molar refractivity (Wildman–Crippen MR) is 339 cm³/mol. The van der Waals surface area contributed by atoms with Crippen LogP contribution in [0, 0.1) is 0 Å². The Kier molecular flexibility index (Phi) is 64.2. The van der Waals surface area contributed by atoms with E-state index in [1.165, 1.54) is 250 Å². The van der Waals surface area contributed by atoms with E-state index in [2.05, 4.69) is 69.4 Å². The van der Waals surface area contributed by atoms with E-state index in [-0.39, 0.29) is 31.6 Å². The van der Waals surface area contributed by atoms with Crippen LogP contribution in [0.5, 0.6) is 0 Å². The number of allylic oxidation sites excluding steroid dienone is 9. The fraction of sp³-hybridized carbons (Fsp3) is 0.819. The molecule has 454 valence electrons. The van der Waals surface area contributed by atoms with Gasteiger partial charge in [0.15, 0.2) is 6.10 Å². The summed E-state index contributed by atoms with van der Waals surface area (Å²) in [5.41, 5.74) is 0. The smallest absolute Gasteiger partial charge is 0.310 e. The highest BCUT2D eigenvalue weighted by molar-refractivity contribution is 5.72. The summed E-state index contributed by atoms with van der Waals surface area (Å²) in [5, 5.41) is 0. The zero-order valence-corrected chi connectivity index (χ0v) is 52.2. The number of esters is 3. The highest BCUT2D eigenvalue weighted by atomic mass is 16.6. The molecule has 0 N–H and O–H groups in total. The molecule has 0 aromatic rings. The maximum atomic E-state index is 12.8. The van der Waals surface area contributed by atoms with Gasteiger partial charge in [0, 0.05) is 12.8 Å². The summed E-state index contributed by atoms with van der Waals surface area (Å²) in [5.74, 6) is -1.03. The van der Waals surface area contributed by atoms with Crippen molar-refractivity contribution >= 4 is 17.9 Å². The van der Waals surface area contributed by atoms with E-state index in [1.54, 1.807) is 6.08 Å². The second-order valence-electron chi connectivity index (χ2n) is 23.1. The molecule has 0 aromatic carbocycles. The summed E-state index contributed by atoms with van der Waals surface area (Å²) in [4.78, 5) is 38.1. The summed E-state index contributed by atoms with van der Waals surface area (Å²) >= 11 is 0. The van der Waals surface area contributed by atoms with Crippen LogP contribution in [-0.2, 0) is 28.6 Å². The van der Waals surface area contributed by atoms with Crippen LogP contribution in [0.3, 0.4) is 0 Å². The van der Waals surface area contributed by atoms with Crippen LogP contribution >= 0.6 is 0 Å². The minimum Gasteiger partial charge on any atom is -0.462 e. The maximum absolute atomic E-state index is 12.8. The predicted octanol–water partition coefficient (Wildman–Crippen LogP) is 23.5. The van der Waals surface area contributed by atoms with E-state index in [1.807, 2.05) is 6.08 Å². The van der Waals surface area contributed by atoms with E-state index < -0.39 is 12.1 Å². The number of rotatable bonds is 63. The van der Waals surface area contributed by atoms with Crippen molar-refractivity contribution in [2.45, 2.75) is 367 Å². The average Bonchev–Trinajstić information content (AvgIpc) is 3.44. The molecule has 1 unspecified atom stereocenters. The van der Waals surface area contributed by atoms with Crippen molar-refractivity contribution in [1.29, 1.82) is 0 Å². The Morgan fingerprint density at radius 1 is 0.269 bits per heavy atom. The monoisotopic (exact) mass is 1090 g/mol. The molecule has 6 heteroatoms. The van der Waals surface area contributed by atoms with E-state index in [0.29, 0.717) is 12.8 Å². The molecule has 0 spiro atoms. The summed E-state index contributed by atoms with van der Waals surface area (Å²) in [6.45, 7) is 6.47. The lowest BCUT2D eigenvalue weighted by Crippen LogP contribution is -2.30. The molecular formula is C72H130O6. The first-order chi connectivity index (χ1) is 38.5. The molecule has 0 fully saturated rings. The molecule has 0 aromatic heterocycles. The molecule has 6 nitrogen and oxygen atoms in total. The Hall–Kier alpha value is -2.89. The summed E-state index contributed by atoms with van der Waals surface area (Å²) in [7, 11) is 0. The number of carbonyl (C=O) groups is 3. The highest BCUT2D eigenvalue weighted by Gasteiger charge is 2.19. The molecule has 0 aliphatic carbocycles. The molecule has 0 saturated heterocycles. The first-order valence-electron chi connectivity index (χ1n) is 34.3. The normalized spacial score (nSPS) is 12.4. The van der Waals surface area contributed by atoms with Crippen LogP contribution in [-0.4, -0.2) is 37.2 Å². The Labute approximate surface area is 485 Å². The molecule has 1 atom stereocenters. The highest BCUT2D eigenvalue weighted by Crippen LogP contribution is 2.18. The molecule has 0 radical (unpaired) electrons. The third-order valence-corrected chi connectivity index (χ3v) is 15.3. The van der Waals surface area contributed by atoms with Gasteiger partial charge in [0.05, 0.1) is 6.42 Å². The second-order valence-corrected chi connectivity index (χ2v) is 23.1. The number of ether oxygens (including phenoxy) is 3. The van der Waals surface area contributed by atoms with Crippen molar-refractivity contribution < 1.29 is 28.6 Å². The Bertz CT molecular complexity index is 1390. The van der Waals surface area contributed by atoms with Crippen molar-refractivity contribution in [3.8, 4) is 0 Å². The van der Waals surface area contributed by atoms with Crippen molar-refractivity contribution in [1.82, 2.24) is 0 Å². The number of hydrogen-bond donors (Lipinski definition) is 0. The van der Waals surface area contributed by atoms with Crippen LogP contribution in [0.1, 0.15) is 361 Å². The minimum absolute atomic E-state index is 0.101. The molecule has 0 saturated carbocycles. The van der Waals surface area contributed by atoms with Crippen LogP contribution in [0.4, 0.5) is 0 Å². The average molecular weight is 1090 g/mol. The maximum Gasteiger partial charge on any atom is 0.310 e. The van der Waals surface area contributed by atoms with Gasteiger partial charge in [0.25, 0.3) is 0 Å². The van der Waals surface area contributed by atoms with Crippen molar-refractivity contribution in [3.63, 3.8) is 0 Å². The lowest BCUT2D eigenvalue weighted by molar-refractivity contribution is -0.166. The quantitative estimate of drug-likeness (QED) is 0.0261. The fourth-order valence-electron chi connectivity index (χ4n) is 10.2. The van der Waals surface area contributed by atoms with Gasteiger partial charge in [-0.3, -0.25) is 14.4 Å². The standard InChI is InChI=1S/C72H130O6/c1-4-7-10-13-16-19-22-24-26-27-28-29-30-31-32-33-34-35-36-37-38-39-40-41-42-43-44-45-47-48-50-53-56-59-62-65-71(74)77-68-69(67-76-70(73)64-61-58-55-52-21-18-15-12-9-6-3)78-72(75)66-63-60-57-54-51-49-46-25-23-20-17-14-11-8-5-2/h8,11,17,20,25,46,51,54,60,63,69H,4-7,9-10,12-16,18-19,21-24,26-45,47-50,52-53,55-59,61-62,64-68H2,1-3H3/b11-8-,20-17-,46-25-,54-51-,63-60-. The third kappa shape index (κ3) is 63.9. The van der Waals surface area contributed by atoms with E-state index in [4.69, 9.17) is 14.2 Å². The van der Waals surface area contributed by atoms with Crippen molar-refractivity contribution in [2.75, 3.05) is 13.2 Å². The van der Waals surface area contributed by atoms with Crippen LogP contribution in [0.15, 0.2) is 60.8 Å². The molecule has 0 aliphatic heterocycles. The van der Waals surface area contributed by atoms with Crippen LogP contribution in [0.2, 0.25) is 0 Å². The lowest BCUT2D eigenvalue weighted by Gasteiger charge is -2.18. The number of unbranched alkanes of at least 4 members (excludes halogenated alkanes) is 43. The molecule has 78 heavy (non-hydrogen) atoms. The van der Waals surface area contributed by atoms with Crippen LogP contribution < -0.4 is 0 Å². The zero-order valence-electron chi connectivity index (χ0n) is 52.2.